The Kier molecular flexibility index (Phi) is 3.75. The molecule has 0 aliphatic carbocycles. The van der Waals surface area contributed by atoms with E-state index in [1.165, 1.54) is 10.4 Å². The van der Waals surface area contributed by atoms with Crippen molar-refractivity contribution in [1.82, 2.24) is 10.2 Å². The Hall–Kier alpha value is -1.07. The van der Waals surface area contributed by atoms with Crippen molar-refractivity contribution in [2.45, 2.75) is 44.9 Å². The third-order valence-electron chi connectivity index (χ3n) is 3.97. The molecule has 104 valence electrons. The van der Waals surface area contributed by atoms with Crippen LogP contribution in [0.3, 0.4) is 0 Å². The standard InChI is InChI=1S/C14H20N2O2S/c1-10(12-3-2-7-18-12)15-14(17)16-6-4-13-11(9-16)5-8-19-13/h5,8,10,12H,2-4,6-7,9H2,1H3,(H,15,17)/t10-,12-/m0/s1. The summed E-state index contributed by atoms with van der Waals surface area (Å²) in [7, 11) is 0. The van der Waals surface area contributed by atoms with E-state index in [0.717, 1.165) is 39.0 Å². The third kappa shape index (κ3) is 2.77. The summed E-state index contributed by atoms with van der Waals surface area (Å²) in [5.74, 6) is 0. The van der Waals surface area contributed by atoms with Gasteiger partial charge in [0, 0.05) is 24.6 Å². The van der Waals surface area contributed by atoms with Crippen LogP contribution in [-0.4, -0.2) is 36.2 Å². The van der Waals surface area contributed by atoms with Gasteiger partial charge in [0.2, 0.25) is 0 Å². The minimum Gasteiger partial charge on any atom is -0.376 e. The molecule has 19 heavy (non-hydrogen) atoms. The fourth-order valence-corrected chi connectivity index (χ4v) is 3.69. The first-order valence-electron chi connectivity index (χ1n) is 6.96. The van der Waals surface area contributed by atoms with Crippen LogP contribution < -0.4 is 5.32 Å². The fourth-order valence-electron chi connectivity index (χ4n) is 2.80. The van der Waals surface area contributed by atoms with Crippen molar-refractivity contribution in [1.29, 1.82) is 0 Å². The minimum atomic E-state index is 0.0415. The molecule has 2 atom stereocenters. The van der Waals surface area contributed by atoms with Crippen LogP contribution in [0.15, 0.2) is 11.4 Å². The van der Waals surface area contributed by atoms with Crippen LogP contribution in [0.2, 0.25) is 0 Å². The summed E-state index contributed by atoms with van der Waals surface area (Å²) < 4.78 is 5.62. The molecule has 1 N–H and O–H groups in total. The predicted octanol–water partition coefficient (Wildman–Crippen LogP) is 2.38. The quantitative estimate of drug-likeness (QED) is 0.903. The Bertz CT molecular complexity index is 454. The number of carbonyl (C=O) groups excluding carboxylic acids is 1. The molecule has 2 aliphatic heterocycles. The van der Waals surface area contributed by atoms with Crippen LogP contribution in [0.4, 0.5) is 4.79 Å². The Labute approximate surface area is 117 Å². The number of ether oxygens (including phenoxy) is 1. The Morgan fingerprint density at radius 2 is 2.53 bits per heavy atom. The number of thiophene rings is 1. The summed E-state index contributed by atoms with van der Waals surface area (Å²) in [6.45, 7) is 4.42. The highest BCUT2D eigenvalue weighted by atomic mass is 32.1. The molecule has 3 heterocycles. The molecule has 0 unspecified atom stereocenters. The number of nitrogens with one attached hydrogen (secondary N) is 1. The SMILES string of the molecule is C[C@H](NC(=O)N1CCc2sccc2C1)[C@@H]1CCCO1. The molecule has 5 heteroatoms. The summed E-state index contributed by atoms with van der Waals surface area (Å²) in [5.41, 5.74) is 1.30. The van der Waals surface area contributed by atoms with Crippen LogP contribution in [0.1, 0.15) is 30.2 Å². The van der Waals surface area contributed by atoms with Crippen molar-refractivity contribution in [3.8, 4) is 0 Å². The van der Waals surface area contributed by atoms with E-state index in [0.29, 0.717) is 0 Å². The van der Waals surface area contributed by atoms with E-state index in [2.05, 4.69) is 16.8 Å². The second-order valence-corrected chi connectivity index (χ2v) is 6.33. The molecule has 1 aromatic rings. The van der Waals surface area contributed by atoms with Gasteiger partial charge in [0.05, 0.1) is 12.1 Å². The fraction of sp³-hybridized carbons (Fsp3) is 0.643. The van der Waals surface area contributed by atoms with Gasteiger partial charge in [0.15, 0.2) is 0 Å². The first-order valence-corrected chi connectivity index (χ1v) is 7.84. The topological polar surface area (TPSA) is 41.6 Å². The highest BCUT2D eigenvalue weighted by molar-refractivity contribution is 7.10. The molecule has 0 saturated carbocycles. The van der Waals surface area contributed by atoms with Crippen LogP contribution in [0.25, 0.3) is 0 Å². The number of rotatable bonds is 2. The van der Waals surface area contributed by atoms with Gasteiger partial charge in [-0.05, 0) is 43.2 Å². The molecule has 0 spiro atoms. The van der Waals surface area contributed by atoms with Gasteiger partial charge in [-0.1, -0.05) is 0 Å². The lowest BCUT2D eigenvalue weighted by atomic mass is 10.1. The lowest BCUT2D eigenvalue weighted by Crippen LogP contribution is -2.49. The van der Waals surface area contributed by atoms with E-state index in [4.69, 9.17) is 4.74 Å². The van der Waals surface area contributed by atoms with Gasteiger partial charge < -0.3 is 15.0 Å². The molecular weight excluding hydrogens is 260 g/mol. The molecule has 1 saturated heterocycles. The molecule has 0 radical (unpaired) electrons. The maximum atomic E-state index is 12.3. The van der Waals surface area contributed by atoms with Gasteiger partial charge in [-0.2, -0.15) is 0 Å². The van der Waals surface area contributed by atoms with Crippen molar-refractivity contribution in [2.24, 2.45) is 0 Å². The van der Waals surface area contributed by atoms with E-state index in [-0.39, 0.29) is 18.2 Å². The van der Waals surface area contributed by atoms with E-state index in [9.17, 15) is 4.79 Å². The largest absolute Gasteiger partial charge is 0.376 e. The Balaban J connectivity index is 1.56. The lowest BCUT2D eigenvalue weighted by Gasteiger charge is -2.29. The van der Waals surface area contributed by atoms with Crippen molar-refractivity contribution >= 4 is 17.4 Å². The molecular formula is C14H20N2O2S. The van der Waals surface area contributed by atoms with Gasteiger partial charge >= 0.3 is 6.03 Å². The summed E-state index contributed by atoms with van der Waals surface area (Å²) in [4.78, 5) is 15.6. The third-order valence-corrected chi connectivity index (χ3v) is 4.99. The first kappa shape index (κ1) is 12.9. The number of hydrogen-bond donors (Lipinski definition) is 1. The second-order valence-electron chi connectivity index (χ2n) is 5.33. The van der Waals surface area contributed by atoms with E-state index in [1.807, 2.05) is 11.8 Å². The first-order chi connectivity index (χ1) is 9.24. The Morgan fingerprint density at radius 3 is 3.32 bits per heavy atom. The smallest absolute Gasteiger partial charge is 0.318 e. The van der Waals surface area contributed by atoms with E-state index in [1.54, 1.807) is 11.3 Å². The number of fused-ring (bicyclic) bond motifs is 1. The normalized spacial score (nSPS) is 24.1. The average Bonchev–Trinajstić information content (AvgIpc) is 3.09. The average molecular weight is 280 g/mol. The summed E-state index contributed by atoms with van der Waals surface area (Å²) in [6, 6.07) is 2.27. The van der Waals surface area contributed by atoms with Crippen molar-refractivity contribution in [3.63, 3.8) is 0 Å². The van der Waals surface area contributed by atoms with Crippen LogP contribution in [-0.2, 0) is 17.7 Å². The van der Waals surface area contributed by atoms with Crippen LogP contribution in [0, 0.1) is 0 Å². The zero-order chi connectivity index (χ0) is 13.2. The van der Waals surface area contributed by atoms with Gasteiger partial charge in [0.1, 0.15) is 0 Å². The van der Waals surface area contributed by atoms with Gasteiger partial charge in [0.25, 0.3) is 0 Å². The maximum absolute atomic E-state index is 12.3. The highest BCUT2D eigenvalue weighted by Gasteiger charge is 2.27. The maximum Gasteiger partial charge on any atom is 0.318 e. The van der Waals surface area contributed by atoms with Gasteiger partial charge in [-0.25, -0.2) is 4.79 Å². The number of hydrogen-bond acceptors (Lipinski definition) is 3. The molecule has 2 aliphatic rings. The van der Waals surface area contributed by atoms with Crippen LogP contribution >= 0.6 is 11.3 Å². The van der Waals surface area contributed by atoms with E-state index < -0.39 is 0 Å². The number of nitrogens with zero attached hydrogens (tertiary/aromatic N) is 1. The molecule has 1 fully saturated rings. The molecule has 4 nitrogen and oxygen atoms in total. The zero-order valence-electron chi connectivity index (χ0n) is 11.2. The van der Waals surface area contributed by atoms with Gasteiger partial charge in [-0.3, -0.25) is 0 Å². The predicted molar refractivity (Wildman–Crippen MR) is 75.4 cm³/mol. The summed E-state index contributed by atoms with van der Waals surface area (Å²) in [5, 5.41) is 5.19. The number of carbonyl (C=O) groups is 1. The van der Waals surface area contributed by atoms with Crippen LogP contribution in [0.5, 0.6) is 0 Å². The highest BCUT2D eigenvalue weighted by Crippen LogP contribution is 2.24. The minimum absolute atomic E-state index is 0.0415. The van der Waals surface area contributed by atoms with Crippen molar-refractivity contribution in [2.75, 3.05) is 13.2 Å². The molecule has 1 aromatic heterocycles. The monoisotopic (exact) mass is 280 g/mol. The molecule has 2 amide bonds. The van der Waals surface area contributed by atoms with Crippen molar-refractivity contribution in [3.05, 3.63) is 21.9 Å². The summed E-state index contributed by atoms with van der Waals surface area (Å²) in [6.07, 6.45) is 3.32. The molecule has 0 aromatic carbocycles. The Morgan fingerprint density at radius 1 is 1.63 bits per heavy atom. The van der Waals surface area contributed by atoms with E-state index >= 15 is 0 Å². The lowest BCUT2D eigenvalue weighted by molar-refractivity contribution is 0.0829. The molecule has 0 bridgehead atoms. The number of amides is 2. The van der Waals surface area contributed by atoms with Crippen molar-refractivity contribution < 1.29 is 9.53 Å². The number of urea groups is 1. The summed E-state index contributed by atoms with van der Waals surface area (Å²) >= 11 is 1.80. The van der Waals surface area contributed by atoms with Gasteiger partial charge in [-0.15, -0.1) is 11.3 Å². The zero-order valence-corrected chi connectivity index (χ0v) is 12.0. The molecule has 3 rings (SSSR count). The second kappa shape index (κ2) is 5.51.